The van der Waals surface area contributed by atoms with Crippen molar-refractivity contribution in [3.05, 3.63) is 90.3 Å². The van der Waals surface area contributed by atoms with E-state index in [1.165, 1.54) is 5.56 Å². The zero-order chi connectivity index (χ0) is 19.3. The van der Waals surface area contributed by atoms with Crippen LogP contribution in [-0.4, -0.2) is 21.7 Å². The molecule has 28 heavy (non-hydrogen) atoms. The summed E-state index contributed by atoms with van der Waals surface area (Å²) in [4.78, 5) is 16.7. The van der Waals surface area contributed by atoms with Gasteiger partial charge in [-0.1, -0.05) is 66.7 Å². The Morgan fingerprint density at radius 1 is 0.964 bits per heavy atom. The third-order valence-corrected chi connectivity index (χ3v) is 4.57. The van der Waals surface area contributed by atoms with E-state index < -0.39 is 0 Å². The highest BCUT2D eigenvalue weighted by Gasteiger charge is 2.09. The smallest absolute Gasteiger partial charge is 0.260 e. The average molecular weight is 368 g/mol. The molecule has 0 spiro atoms. The Hall–Kier alpha value is -3.73. The molecule has 4 rings (SSSR count). The molecule has 5 nitrogen and oxygen atoms in total. The number of carbonyl (C=O) groups is 1. The molecule has 1 aromatic heterocycles. The molecule has 0 saturated carbocycles. The number of benzene rings is 3. The van der Waals surface area contributed by atoms with Gasteiger partial charge in [0.2, 0.25) is 0 Å². The summed E-state index contributed by atoms with van der Waals surface area (Å²) in [6.45, 7) is 2.07. The van der Waals surface area contributed by atoms with Crippen LogP contribution in [0, 0.1) is 6.92 Å². The third-order valence-electron chi connectivity index (χ3n) is 4.57. The lowest BCUT2D eigenvalue weighted by Crippen LogP contribution is -2.23. The highest BCUT2D eigenvalue weighted by Crippen LogP contribution is 2.18. The molecule has 0 bridgehead atoms. The maximum Gasteiger partial charge on any atom is 0.260 e. The van der Waals surface area contributed by atoms with Crippen LogP contribution in [0.25, 0.3) is 22.2 Å². The van der Waals surface area contributed by atoms with E-state index in [1.54, 1.807) is 6.21 Å². The number of nitrogens with zero attached hydrogens (tertiary/aromatic N) is 3. The van der Waals surface area contributed by atoms with Gasteiger partial charge in [-0.2, -0.15) is 5.10 Å². The molecular weight excluding hydrogens is 348 g/mol. The second-order valence-corrected chi connectivity index (χ2v) is 6.52. The molecule has 0 radical (unpaired) electrons. The predicted molar refractivity (Wildman–Crippen MR) is 112 cm³/mol. The standard InChI is InChI=1S/C23H20N4O/c1-17-25-21-9-5-6-10-22(21)27(17)16-23(28)26-24-15-18-11-13-20(14-12-18)19-7-3-2-4-8-19/h2-15H,16H2,1H3,(H,26,28)/b24-15+. The molecular formula is C23H20N4O. The molecule has 1 amide bonds. The van der Waals surface area contributed by atoms with Crippen molar-refractivity contribution < 1.29 is 4.79 Å². The first kappa shape index (κ1) is 17.7. The minimum atomic E-state index is -0.191. The van der Waals surface area contributed by atoms with E-state index in [4.69, 9.17) is 0 Å². The molecule has 5 heteroatoms. The zero-order valence-electron chi connectivity index (χ0n) is 15.5. The molecule has 1 N–H and O–H groups in total. The minimum absolute atomic E-state index is 0.177. The van der Waals surface area contributed by atoms with Gasteiger partial charge >= 0.3 is 0 Å². The van der Waals surface area contributed by atoms with Crippen molar-refractivity contribution in [2.24, 2.45) is 5.10 Å². The average Bonchev–Trinajstić information content (AvgIpc) is 3.04. The zero-order valence-corrected chi connectivity index (χ0v) is 15.5. The van der Waals surface area contributed by atoms with Crippen LogP contribution in [0.4, 0.5) is 0 Å². The Morgan fingerprint density at radius 3 is 2.43 bits per heavy atom. The Bertz CT molecular complexity index is 1130. The Balaban J connectivity index is 1.39. The van der Waals surface area contributed by atoms with Gasteiger partial charge in [0.15, 0.2) is 0 Å². The van der Waals surface area contributed by atoms with E-state index in [9.17, 15) is 4.79 Å². The Kier molecular flexibility index (Phi) is 4.97. The van der Waals surface area contributed by atoms with Gasteiger partial charge in [-0.05, 0) is 35.7 Å². The largest absolute Gasteiger partial charge is 0.319 e. The number of fused-ring (bicyclic) bond motifs is 1. The quantitative estimate of drug-likeness (QED) is 0.425. The van der Waals surface area contributed by atoms with E-state index in [-0.39, 0.29) is 12.5 Å². The number of carbonyl (C=O) groups excluding carboxylic acids is 1. The first-order valence-electron chi connectivity index (χ1n) is 9.10. The fraction of sp³-hybridized carbons (Fsp3) is 0.0870. The summed E-state index contributed by atoms with van der Waals surface area (Å²) in [6.07, 6.45) is 1.64. The van der Waals surface area contributed by atoms with E-state index in [2.05, 4.69) is 27.6 Å². The lowest BCUT2D eigenvalue weighted by molar-refractivity contribution is -0.121. The number of nitrogens with one attached hydrogen (secondary N) is 1. The van der Waals surface area contributed by atoms with Crippen molar-refractivity contribution in [1.82, 2.24) is 15.0 Å². The van der Waals surface area contributed by atoms with Gasteiger partial charge in [0.25, 0.3) is 5.91 Å². The van der Waals surface area contributed by atoms with Gasteiger partial charge in [-0.3, -0.25) is 4.79 Å². The minimum Gasteiger partial charge on any atom is -0.319 e. The fourth-order valence-electron chi connectivity index (χ4n) is 3.15. The first-order valence-corrected chi connectivity index (χ1v) is 9.10. The van der Waals surface area contributed by atoms with Gasteiger partial charge in [0, 0.05) is 0 Å². The second kappa shape index (κ2) is 7.88. The molecule has 0 fully saturated rings. The predicted octanol–water partition coefficient (Wildman–Crippen LogP) is 4.16. The number of aryl methyl sites for hydroxylation is 1. The summed E-state index contributed by atoms with van der Waals surface area (Å²) >= 11 is 0. The van der Waals surface area contributed by atoms with Crippen LogP contribution in [0.1, 0.15) is 11.4 Å². The van der Waals surface area contributed by atoms with Crippen LogP contribution in [0.5, 0.6) is 0 Å². The third kappa shape index (κ3) is 3.83. The fourth-order valence-corrected chi connectivity index (χ4v) is 3.15. The van der Waals surface area contributed by atoms with Gasteiger partial charge < -0.3 is 4.57 Å². The van der Waals surface area contributed by atoms with E-state index in [1.807, 2.05) is 78.2 Å². The van der Waals surface area contributed by atoms with E-state index in [0.29, 0.717) is 0 Å². The number of para-hydroxylation sites is 2. The lowest BCUT2D eigenvalue weighted by Gasteiger charge is -2.05. The summed E-state index contributed by atoms with van der Waals surface area (Å²) in [6, 6.07) is 26.0. The number of hydrogen-bond donors (Lipinski definition) is 1. The van der Waals surface area contributed by atoms with Crippen molar-refractivity contribution >= 4 is 23.2 Å². The Morgan fingerprint density at radius 2 is 1.64 bits per heavy atom. The van der Waals surface area contributed by atoms with Crippen LogP contribution < -0.4 is 5.43 Å². The first-order chi connectivity index (χ1) is 13.7. The highest BCUT2D eigenvalue weighted by molar-refractivity contribution is 5.84. The summed E-state index contributed by atoms with van der Waals surface area (Å²) in [5.74, 6) is 0.611. The maximum atomic E-state index is 12.3. The molecule has 1 heterocycles. The van der Waals surface area contributed by atoms with Gasteiger partial charge in [-0.15, -0.1) is 0 Å². The highest BCUT2D eigenvalue weighted by atomic mass is 16.2. The number of hydrogen-bond acceptors (Lipinski definition) is 3. The van der Waals surface area contributed by atoms with Crippen LogP contribution >= 0.6 is 0 Å². The molecule has 0 saturated heterocycles. The van der Waals surface area contributed by atoms with Crippen LogP contribution in [0.15, 0.2) is 84.0 Å². The van der Waals surface area contributed by atoms with Crippen LogP contribution in [-0.2, 0) is 11.3 Å². The van der Waals surface area contributed by atoms with Crippen molar-refractivity contribution in [2.75, 3.05) is 0 Å². The molecule has 0 aliphatic heterocycles. The number of aromatic nitrogens is 2. The second-order valence-electron chi connectivity index (χ2n) is 6.52. The van der Waals surface area contributed by atoms with Crippen LogP contribution in [0.3, 0.4) is 0 Å². The van der Waals surface area contributed by atoms with Gasteiger partial charge in [-0.25, -0.2) is 10.4 Å². The van der Waals surface area contributed by atoms with Crippen molar-refractivity contribution in [3.8, 4) is 11.1 Å². The van der Waals surface area contributed by atoms with Gasteiger partial charge in [0.1, 0.15) is 12.4 Å². The van der Waals surface area contributed by atoms with E-state index in [0.717, 1.165) is 28.0 Å². The molecule has 0 aliphatic rings. The number of imidazole rings is 1. The molecule has 0 unspecified atom stereocenters. The molecule has 0 aliphatic carbocycles. The molecule has 0 atom stereocenters. The summed E-state index contributed by atoms with van der Waals surface area (Å²) < 4.78 is 1.88. The molecule has 4 aromatic rings. The lowest BCUT2D eigenvalue weighted by atomic mass is 10.0. The van der Waals surface area contributed by atoms with Gasteiger partial charge in [0.05, 0.1) is 17.2 Å². The summed E-state index contributed by atoms with van der Waals surface area (Å²) in [7, 11) is 0. The van der Waals surface area contributed by atoms with Crippen molar-refractivity contribution in [3.63, 3.8) is 0 Å². The topological polar surface area (TPSA) is 59.3 Å². The number of hydrazone groups is 1. The number of rotatable bonds is 5. The van der Waals surface area contributed by atoms with Crippen molar-refractivity contribution in [2.45, 2.75) is 13.5 Å². The monoisotopic (exact) mass is 368 g/mol. The van der Waals surface area contributed by atoms with Crippen molar-refractivity contribution in [1.29, 1.82) is 0 Å². The Labute approximate surface area is 163 Å². The summed E-state index contributed by atoms with van der Waals surface area (Å²) in [5.41, 5.74) is 7.65. The number of amides is 1. The maximum absolute atomic E-state index is 12.3. The van der Waals surface area contributed by atoms with Crippen LogP contribution in [0.2, 0.25) is 0 Å². The summed E-state index contributed by atoms with van der Waals surface area (Å²) in [5, 5.41) is 4.08. The normalized spacial score (nSPS) is 11.2. The van der Waals surface area contributed by atoms with E-state index >= 15 is 0 Å². The molecule has 3 aromatic carbocycles. The molecule has 138 valence electrons. The SMILES string of the molecule is Cc1nc2ccccc2n1CC(=O)N/N=C/c1ccc(-c2ccccc2)cc1.